The summed E-state index contributed by atoms with van der Waals surface area (Å²) in [6.45, 7) is 9.10. The van der Waals surface area contributed by atoms with E-state index >= 15 is 0 Å². The Bertz CT molecular complexity index is 1650. The van der Waals surface area contributed by atoms with Crippen LogP contribution in [0.25, 0.3) is 32.7 Å². The molecule has 1 fully saturated rings. The summed E-state index contributed by atoms with van der Waals surface area (Å²) in [5, 5.41) is 14.6. The van der Waals surface area contributed by atoms with Crippen LogP contribution in [0, 0.1) is 0 Å². The van der Waals surface area contributed by atoms with Crippen LogP contribution in [-0.4, -0.2) is 57.6 Å². The first-order valence-corrected chi connectivity index (χ1v) is 16.0. The fraction of sp³-hybridized carbons (Fsp3) is 0.464. The Morgan fingerprint density at radius 3 is 2.51 bits per heavy atom. The number of aromatic nitrogens is 5. The molecule has 3 N–H and O–H groups in total. The van der Waals surface area contributed by atoms with Crippen LogP contribution >= 0.6 is 11.3 Å². The first kappa shape index (κ1) is 29.1. The van der Waals surface area contributed by atoms with Crippen LogP contribution in [0.4, 0.5) is 4.79 Å². The van der Waals surface area contributed by atoms with Gasteiger partial charge < -0.3 is 10.1 Å². The maximum atomic E-state index is 13.7. The molecule has 13 heteroatoms. The van der Waals surface area contributed by atoms with Gasteiger partial charge in [-0.25, -0.2) is 27.9 Å². The van der Waals surface area contributed by atoms with Gasteiger partial charge in [0.05, 0.1) is 20.9 Å². The van der Waals surface area contributed by atoms with Gasteiger partial charge in [-0.3, -0.25) is 0 Å². The van der Waals surface area contributed by atoms with E-state index in [0.29, 0.717) is 22.3 Å². The second-order valence-electron chi connectivity index (χ2n) is 11.7. The minimum absolute atomic E-state index is 0.0793. The zero-order valence-electron chi connectivity index (χ0n) is 23.8. The standard InChI is InChI=1S/C28H35N7O4S2/c1-16(2)39-27(36)31-20-9-6-17(7-10-20)26-30-15-23(40-26)21-11-8-18(13-24(21)41(37,38)34-28(3,4)5)19-12-22-25(29-14-19)33-35-32-22/h8,11-17,20,34H,6-7,9-10H2,1-5H3,(H,31,36)(H,29,32,33,35). The maximum absolute atomic E-state index is 13.7. The molecule has 3 heterocycles. The number of carbonyl (C=O) groups is 1. The summed E-state index contributed by atoms with van der Waals surface area (Å²) in [5.74, 6) is 0.250. The molecular formula is C28H35N7O4S2. The predicted octanol–water partition coefficient (Wildman–Crippen LogP) is 5.38. The molecule has 0 saturated heterocycles. The van der Waals surface area contributed by atoms with Crippen molar-refractivity contribution in [2.75, 3.05) is 0 Å². The quantitative estimate of drug-likeness (QED) is 0.257. The Balaban J connectivity index is 1.42. The summed E-state index contributed by atoms with van der Waals surface area (Å²) < 4.78 is 35.4. The fourth-order valence-electron chi connectivity index (χ4n) is 4.98. The van der Waals surface area contributed by atoms with E-state index in [2.05, 4.69) is 30.4 Å². The van der Waals surface area contributed by atoms with Gasteiger partial charge in [0.1, 0.15) is 5.52 Å². The monoisotopic (exact) mass is 597 g/mol. The van der Waals surface area contributed by atoms with Crippen LogP contribution in [0.1, 0.15) is 71.2 Å². The second-order valence-corrected chi connectivity index (χ2v) is 14.4. The maximum Gasteiger partial charge on any atom is 0.407 e. The number of H-pyrrole nitrogens is 1. The van der Waals surface area contributed by atoms with Gasteiger partial charge in [-0.05, 0) is 78.0 Å². The van der Waals surface area contributed by atoms with Gasteiger partial charge in [0.25, 0.3) is 0 Å². The Kier molecular flexibility index (Phi) is 8.13. The van der Waals surface area contributed by atoms with Gasteiger partial charge in [-0.1, -0.05) is 12.1 Å². The van der Waals surface area contributed by atoms with E-state index in [1.165, 1.54) is 11.3 Å². The Hall–Kier alpha value is -3.42. The fourth-order valence-corrected chi connectivity index (χ4v) is 7.84. The number of nitrogens with one attached hydrogen (secondary N) is 3. The lowest BCUT2D eigenvalue weighted by molar-refractivity contribution is 0.109. The number of rotatable bonds is 7. The van der Waals surface area contributed by atoms with Crippen molar-refractivity contribution >= 4 is 38.6 Å². The third kappa shape index (κ3) is 6.91. The van der Waals surface area contributed by atoms with Gasteiger partial charge in [-0.15, -0.1) is 16.4 Å². The van der Waals surface area contributed by atoms with Crippen molar-refractivity contribution in [1.29, 1.82) is 0 Å². The van der Waals surface area contributed by atoms with Crippen LogP contribution in [0.5, 0.6) is 0 Å². The largest absolute Gasteiger partial charge is 0.447 e. The number of nitrogens with zero attached hydrogens (tertiary/aromatic N) is 4. The first-order chi connectivity index (χ1) is 19.4. The number of alkyl carbamates (subject to hydrolysis) is 1. The SMILES string of the molecule is CC(C)OC(=O)NC1CCC(c2ncc(-c3ccc(-c4cnc5n[nH]nc5c4)cc3S(=O)(=O)NC(C)(C)C)s2)CC1. The number of amides is 1. The molecule has 11 nitrogen and oxygen atoms in total. The molecule has 1 saturated carbocycles. The van der Waals surface area contributed by atoms with Gasteiger partial charge >= 0.3 is 6.09 Å². The lowest BCUT2D eigenvalue weighted by atomic mass is 9.86. The van der Waals surface area contributed by atoms with Crippen LogP contribution in [0.3, 0.4) is 0 Å². The molecule has 3 aromatic heterocycles. The zero-order chi connectivity index (χ0) is 29.4. The molecule has 0 bridgehead atoms. The molecule has 1 aromatic carbocycles. The molecule has 0 spiro atoms. The van der Waals surface area contributed by atoms with Gasteiger partial charge in [0.2, 0.25) is 15.7 Å². The highest BCUT2D eigenvalue weighted by atomic mass is 32.2. The minimum atomic E-state index is -3.88. The average molecular weight is 598 g/mol. The third-order valence-electron chi connectivity index (χ3n) is 6.75. The third-order valence-corrected chi connectivity index (χ3v) is 9.74. The van der Waals surface area contributed by atoms with E-state index in [4.69, 9.17) is 9.72 Å². The molecule has 1 amide bonds. The Morgan fingerprint density at radius 1 is 1.05 bits per heavy atom. The lowest BCUT2D eigenvalue weighted by Crippen LogP contribution is -2.40. The van der Waals surface area contributed by atoms with E-state index in [-0.39, 0.29) is 29.1 Å². The van der Waals surface area contributed by atoms with Crippen molar-refractivity contribution < 1.29 is 17.9 Å². The van der Waals surface area contributed by atoms with Crippen molar-refractivity contribution in [3.63, 3.8) is 0 Å². The molecule has 1 aliphatic rings. The summed E-state index contributed by atoms with van der Waals surface area (Å²) in [6.07, 6.45) is 6.32. The van der Waals surface area contributed by atoms with E-state index in [9.17, 15) is 13.2 Å². The number of hydrogen-bond acceptors (Lipinski definition) is 9. The molecule has 0 radical (unpaired) electrons. The molecule has 5 rings (SSSR count). The van der Waals surface area contributed by atoms with Crippen LogP contribution in [0.2, 0.25) is 0 Å². The van der Waals surface area contributed by atoms with Crippen molar-refractivity contribution in [2.45, 2.75) is 88.8 Å². The Morgan fingerprint density at radius 2 is 1.80 bits per heavy atom. The number of sulfonamides is 1. The molecule has 0 aliphatic heterocycles. The number of pyridine rings is 1. The number of aromatic amines is 1. The van der Waals surface area contributed by atoms with E-state index in [0.717, 1.165) is 41.1 Å². The smallest absolute Gasteiger partial charge is 0.407 e. The molecule has 41 heavy (non-hydrogen) atoms. The highest BCUT2D eigenvalue weighted by Gasteiger charge is 2.29. The summed E-state index contributed by atoms with van der Waals surface area (Å²) in [7, 11) is -3.88. The number of ether oxygens (including phenoxy) is 1. The topological polar surface area (TPSA) is 152 Å². The Labute approximate surface area is 243 Å². The van der Waals surface area contributed by atoms with E-state index < -0.39 is 15.6 Å². The minimum Gasteiger partial charge on any atom is -0.447 e. The number of hydrogen-bond donors (Lipinski definition) is 3. The van der Waals surface area contributed by atoms with E-state index in [1.54, 1.807) is 18.5 Å². The van der Waals surface area contributed by atoms with Crippen LogP contribution < -0.4 is 10.0 Å². The second kappa shape index (κ2) is 11.5. The molecule has 218 valence electrons. The lowest BCUT2D eigenvalue weighted by Gasteiger charge is -2.28. The number of thiazole rings is 1. The van der Waals surface area contributed by atoms with Crippen molar-refractivity contribution in [1.82, 2.24) is 35.4 Å². The van der Waals surface area contributed by atoms with Gasteiger partial charge in [-0.2, -0.15) is 10.3 Å². The highest BCUT2D eigenvalue weighted by Crippen LogP contribution is 2.40. The molecule has 0 atom stereocenters. The summed E-state index contributed by atoms with van der Waals surface area (Å²) >= 11 is 1.52. The normalized spacial score (nSPS) is 18.1. The molecule has 4 aromatic rings. The first-order valence-electron chi connectivity index (χ1n) is 13.7. The van der Waals surface area contributed by atoms with E-state index in [1.807, 2.05) is 52.8 Å². The zero-order valence-corrected chi connectivity index (χ0v) is 25.4. The average Bonchev–Trinajstić information content (AvgIpc) is 3.56. The summed E-state index contributed by atoms with van der Waals surface area (Å²) in [4.78, 5) is 22.0. The predicted molar refractivity (Wildman–Crippen MR) is 158 cm³/mol. The number of fused-ring (bicyclic) bond motifs is 1. The summed E-state index contributed by atoms with van der Waals surface area (Å²) in [5.41, 5.74) is 2.45. The molecular weight excluding hydrogens is 562 g/mol. The molecule has 1 aliphatic carbocycles. The van der Waals surface area contributed by atoms with Crippen molar-refractivity contribution in [3.8, 4) is 21.6 Å². The van der Waals surface area contributed by atoms with Crippen molar-refractivity contribution in [2.24, 2.45) is 0 Å². The van der Waals surface area contributed by atoms with Gasteiger partial charge in [0, 0.05) is 41.0 Å². The molecule has 0 unspecified atom stereocenters. The van der Waals surface area contributed by atoms with Crippen LogP contribution in [0.15, 0.2) is 41.6 Å². The number of carbonyl (C=O) groups excluding carboxylic acids is 1. The van der Waals surface area contributed by atoms with Gasteiger partial charge in [0.15, 0.2) is 0 Å². The van der Waals surface area contributed by atoms with Crippen LogP contribution in [-0.2, 0) is 14.8 Å². The number of benzene rings is 1. The van der Waals surface area contributed by atoms with Crippen molar-refractivity contribution in [3.05, 3.63) is 41.7 Å². The summed E-state index contributed by atoms with van der Waals surface area (Å²) in [6, 6.07) is 7.31. The highest BCUT2D eigenvalue weighted by molar-refractivity contribution is 7.89.